The van der Waals surface area contributed by atoms with Crippen LogP contribution in [0.1, 0.15) is 43.7 Å². The van der Waals surface area contributed by atoms with Gasteiger partial charge in [-0.05, 0) is 44.7 Å². The summed E-state index contributed by atoms with van der Waals surface area (Å²) < 4.78 is 0. The maximum Gasteiger partial charge on any atom is 0.451 e. The minimum Gasteiger partial charge on any atom is -0.480 e. The number of likely N-dealkylation sites (N-methyl/N-ethyl adjacent to an activating group) is 1. The largest absolute Gasteiger partial charge is 0.480 e. The second kappa shape index (κ2) is 10.9. The molecule has 1 heterocycles. The quantitative estimate of drug-likeness (QED) is 0.331. The topological polar surface area (TPSA) is 110 Å². The van der Waals surface area contributed by atoms with Crippen molar-refractivity contribution >= 4 is 13.1 Å². The van der Waals surface area contributed by atoms with Gasteiger partial charge >= 0.3 is 13.1 Å². The Balaban J connectivity index is 1.89. The summed E-state index contributed by atoms with van der Waals surface area (Å²) in [5.74, 6) is -0.977. The Bertz CT molecular complexity index is 604. The minimum absolute atomic E-state index is 0.246. The Labute approximate surface area is 168 Å². The van der Waals surface area contributed by atoms with Gasteiger partial charge in [0.25, 0.3) is 0 Å². The molecule has 0 radical (unpaired) electrons. The van der Waals surface area contributed by atoms with Crippen molar-refractivity contribution < 1.29 is 19.9 Å². The van der Waals surface area contributed by atoms with Gasteiger partial charge in [0.2, 0.25) is 0 Å². The smallest absolute Gasteiger partial charge is 0.451 e. The normalized spacial score (nSPS) is 20.6. The molecule has 8 heteroatoms. The summed E-state index contributed by atoms with van der Waals surface area (Å²) in [6.45, 7) is 3.73. The first-order valence-electron chi connectivity index (χ1n) is 10.2. The molecule has 0 aliphatic carbocycles. The molecular weight excluding hydrogens is 357 g/mol. The summed E-state index contributed by atoms with van der Waals surface area (Å²) in [6, 6.07) is 10.7. The molecule has 156 valence electrons. The van der Waals surface area contributed by atoms with E-state index in [1.807, 2.05) is 6.07 Å². The zero-order valence-electron chi connectivity index (χ0n) is 16.8. The van der Waals surface area contributed by atoms with Crippen molar-refractivity contribution in [3.05, 3.63) is 35.9 Å². The fraction of sp³-hybridized carbons (Fsp3) is 0.650. The molecule has 0 amide bonds. The maximum absolute atomic E-state index is 11.7. The van der Waals surface area contributed by atoms with E-state index in [1.54, 1.807) is 0 Å². The molecule has 1 aromatic carbocycles. The van der Waals surface area contributed by atoms with Gasteiger partial charge in [0.15, 0.2) is 0 Å². The molecule has 0 saturated carbocycles. The van der Waals surface area contributed by atoms with Gasteiger partial charge in [0, 0.05) is 25.7 Å². The molecule has 1 saturated heterocycles. The lowest BCUT2D eigenvalue weighted by atomic mass is 9.81. The number of piperazine rings is 1. The fourth-order valence-corrected chi connectivity index (χ4v) is 3.92. The van der Waals surface area contributed by atoms with Crippen LogP contribution in [0.25, 0.3) is 0 Å². The first kappa shape index (κ1) is 22.8. The monoisotopic (exact) mass is 391 g/mol. The van der Waals surface area contributed by atoms with Gasteiger partial charge in [0.1, 0.15) is 5.54 Å². The third-order valence-corrected chi connectivity index (χ3v) is 5.71. The fourth-order valence-electron chi connectivity index (χ4n) is 3.92. The standard InChI is InChI=1S/C20H34BN3O4/c1-23-14-15-24(18(16-23)17-8-3-2-4-9-17)13-7-11-20(22,19(25)26)10-5-6-12-21(27)28/h2-4,8-9,18,27-28H,5-7,10-16,22H2,1H3,(H,25,26). The zero-order chi connectivity index (χ0) is 20.6. The van der Waals surface area contributed by atoms with Crippen molar-refractivity contribution in [3.63, 3.8) is 0 Å². The number of nitrogens with two attached hydrogens (primary N) is 1. The molecule has 0 spiro atoms. The van der Waals surface area contributed by atoms with E-state index in [4.69, 9.17) is 15.8 Å². The zero-order valence-corrected chi connectivity index (χ0v) is 16.8. The van der Waals surface area contributed by atoms with E-state index < -0.39 is 18.6 Å². The van der Waals surface area contributed by atoms with Crippen LogP contribution in [0.2, 0.25) is 6.32 Å². The highest BCUT2D eigenvalue weighted by atomic mass is 16.4. The second-order valence-corrected chi connectivity index (χ2v) is 8.02. The summed E-state index contributed by atoms with van der Waals surface area (Å²) in [5.41, 5.74) is 6.22. The molecule has 2 unspecified atom stereocenters. The highest BCUT2D eigenvalue weighted by Crippen LogP contribution is 2.26. The molecular formula is C20H34BN3O4. The minimum atomic E-state index is -1.34. The van der Waals surface area contributed by atoms with Crippen LogP contribution in [0.15, 0.2) is 30.3 Å². The Morgan fingerprint density at radius 3 is 2.50 bits per heavy atom. The van der Waals surface area contributed by atoms with E-state index in [0.29, 0.717) is 31.7 Å². The highest BCUT2D eigenvalue weighted by Gasteiger charge is 2.34. The van der Waals surface area contributed by atoms with Gasteiger partial charge < -0.3 is 25.8 Å². The van der Waals surface area contributed by atoms with Gasteiger partial charge in [-0.15, -0.1) is 0 Å². The van der Waals surface area contributed by atoms with Crippen molar-refractivity contribution in [2.45, 2.75) is 50.0 Å². The number of carboxylic acids is 1. The number of carboxylic acid groups (broad SMARTS) is 1. The van der Waals surface area contributed by atoms with E-state index in [2.05, 4.69) is 41.1 Å². The van der Waals surface area contributed by atoms with Crippen LogP contribution in [0, 0.1) is 0 Å². The Morgan fingerprint density at radius 2 is 1.86 bits per heavy atom. The first-order chi connectivity index (χ1) is 13.3. The average Bonchev–Trinajstić information content (AvgIpc) is 2.67. The number of hydrogen-bond donors (Lipinski definition) is 4. The molecule has 1 aliphatic rings. The Morgan fingerprint density at radius 1 is 1.18 bits per heavy atom. The molecule has 5 N–H and O–H groups in total. The van der Waals surface area contributed by atoms with Crippen molar-refractivity contribution in [1.29, 1.82) is 0 Å². The predicted octanol–water partition coefficient (Wildman–Crippen LogP) is 1.18. The SMILES string of the molecule is CN1CCN(CCCC(N)(CCCCB(O)O)C(=O)O)C(c2ccccc2)C1. The van der Waals surface area contributed by atoms with Gasteiger partial charge in [-0.1, -0.05) is 43.2 Å². The third kappa shape index (κ3) is 6.86. The van der Waals surface area contributed by atoms with E-state index >= 15 is 0 Å². The van der Waals surface area contributed by atoms with Gasteiger partial charge in [0.05, 0.1) is 0 Å². The van der Waals surface area contributed by atoms with E-state index in [1.165, 1.54) is 5.56 Å². The van der Waals surface area contributed by atoms with Crippen LogP contribution in [0.3, 0.4) is 0 Å². The molecule has 28 heavy (non-hydrogen) atoms. The lowest BCUT2D eigenvalue weighted by molar-refractivity contribution is -0.144. The Hall–Kier alpha value is -1.45. The number of carbonyl (C=O) groups is 1. The van der Waals surface area contributed by atoms with Gasteiger partial charge in [-0.2, -0.15) is 0 Å². The van der Waals surface area contributed by atoms with Crippen LogP contribution >= 0.6 is 0 Å². The summed E-state index contributed by atoms with van der Waals surface area (Å²) in [5, 5.41) is 27.4. The molecule has 1 fully saturated rings. The lowest BCUT2D eigenvalue weighted by Gasteiger charge is -2.40. The predicted molar refractivity (Wildman–Crippen MR) is 111 cm³/mol. The Kier molecular flexibility index (Phi) is 8.91. The number of aliphatic carboxylic acids is 1. The molecule has 0 bridgehead atoms. The summed E-state index contributed by atoms with van der Waals surface area (Å²) >= 11 is 0. The maximum atomic E-state index is 11.7. The average molecular weight is 391 g/mol. The van der Waals surface area contributed by atoms with Crippen LogP contribution < -0.4 is 5.73 Å². The van der Waals surface area contributed by atoms with E-state index in [-0.39, 0.29) is 6.32 Å². The molecule has 0 aromatic heterocycles. The highest BCUT2D eigenvalue weighted by molar-refractivity contribution is 6.40. The molecule has 1 aliphatic heterocycles. The molecule has 7 nitrogen and oxygen atoms in total. The van der Waals surface area contributed by atoms with E-state index in [9.17, 15) is 9.90 Å². The number of nitrogens with zero attached hydrogens (tertiary/aromatic N) is 2. The van der Waals surface area contributed by atoms with Crippen LogP contribution in [0.5, 0.6) is 0 Å². The summed E-state index contributed by atoms with van der Waals surface area (Å²) in [7, 11) is 0.788. The van der Waals surface area contributed by atoms with Gasteiger partial charge in [-0.25, -0.2) is 0 Å². The molecule has 2 atom stereocenters. The molecule has 2 rings (SSSR count). The van der Waals surface area contributed by atoms with Gasteiger partial charge in [-0.3, -0.25) is 9.69 Å². The first-order valence-corrected chi connectivity index (χ1v) is 10.2. The van der Waals surface area contributed by atoms with Crippen LogP contribution in [-0.2, 0) is 4.79 Å². The van der Waals surface area contributed by atoms with Crippen molar-refractivity contribution in [2.75, 3.05) is 33.2 Å². The van der Waals surface area contributed by atoms with Crippen LogP contribution in [-0.4, -0.2) is 76.8 Å². The third-order valence-electron chi connectivity index (χ3n) is 5.71. The number of unbranched alkanes of at least 4 members (excludes halogenated alkanes) is 1. The van der Waals surface area contributed by atoms with Crippen molar-refractivity contribution in [2.24, 2.45) is 5.73 Å². The summed E-state index contributed by atoms with van der Waals surface area (Å²) in [6.07, 6.45) is 2.85. The number of rotatable bonds is 11. The molecule has 1 aromatic rings. The lowest BCUT2D eigenvalue weighted by Crippen LogP contribution is -2.50. The summed E-state index contributed by atoms with van der Waals surface area (Å²) in [4.78, 5) is 16.5. The number of hydrogen-bond acceptors (Lipinski definition) is 6. The van der Waals surface area contributed by atoms with Crippen LogP contribution in [0.4, 0.5) is 0 Å². The van der Waals surface area contributed by atoms with Crippen molar-refractivity contribution in [1.82, 2.24) is 9.80 Å². The van der Waals surface area contributed by atoms with Crippen molar-refractivity contribution in [3.8, 4) is 0 Å². The number of benzene rings is 1. The van der Waals surface area contributed by atoms with E-state index in [0.717, 1.165) is 32.6 Å². The second-order valence-electron chi connectivity index (χ2n) is 8.02.